The fourth-order valence-electron chi connectivity index (χ4n) is 4.38. The molecule has 8 nitrogen and oxygen atoms in total. The third kappa shape index (κ3) is 4.91. The average Bonchev–Trinajstić information content (AvgIpc) is 3.45. The molecule has 1 aromatic heterocycles. The Morgan fingerprint density at radius 2 is 1.81 bits per heavy atom. The van der Waals surface area contributed by atoms with Gasteiger partial charge in [-0.2, -0.15) is 4.31 Å². The van der Waals surface area contributed by atoms with Crippen LogP contribution in [-0.2, 0) is 19.6 Å². The second-order valence-corrected chi connectivity index (χ2v) is 10.3. The number of ether oxygens (including phenoxy) is 1. The van der Waals surface area contributed by atoms with Crippen molar-refractivity contribution in [2.24, 2.45) is 0 Å². The minimum Gasteiger partial charge on any atom is -0.465 e. The summed E-state index contributed by atoms with van der Waals surface area (Å²) in [7, 11) is -3.73. The first-order valence-electron chi connectivity index (χ1n) is 11.1. The fourth-order valence-corrected chi connectivity index (χ4v) is 6.04. The van der Waals surface area contributed by atoms with Gasteiger partial charge in [0.25, 0.3) is 0 Å². The van der Waals surface area contributed by atoms with Crippen molar-refractivity contribution in [2.45, 2.75) is 43.7 Å². The van der Waals surface area contributed by atoms with Gasteiger partial charge in [0.2, 0.25) is 15.9 Å². The Morgan fingerprint density at radius 3 is 2.47 bits per heavy atom. The zero-order valence-corrected chi connectivity index (χ0v) is 19.4. The second-order valence-electron chi connectivity index (χ2n) is 8.44. The molecule has 0 saturated carbocycles. The largest absolute Gasteiger partial charge is 0.465 e. The second kappa shape index (κ2) is 9.74. The molecule has 2 saturated heterocycles. The Kier molecular flexibility index (Phi) is 6.99. The summed E-state index contributed by atoms with van der Waals surface area (Å²) in [5.74, 6) is 1.34. The number of benzene rings is 1. The molecular weight excluding hydrogens is 430 g/mol. The predicted molar refractivity (Wildman–Crippen MR) is 120 cm³/mol. The lowest BCUT2D eigenvalue weighted by molar-refractivity contribution is -0.124. The smallest absolute Gasteiger partial charge is 0.243 e. The van der Waals surface area contributed by atoms with Gasteiger partial charge in [-0.25, -0.2) is 8.42 Å². The Labute approximate surface area is 189 Å². The molecule has 2 aromatic rings. The van der Waals surface area contributed by atoms with Crippen LogP contribution in [0.1, 0.15) is 36.0 Å². The van der Waals surface area contributed by atoms with Crippen LogP contribution in [0.25, 0.3) is 0 Å². The first-order valence-corrected chi connectivity index (χ1v) is 12.5. The average molecular weight is 462 g/mol. The van der Waals surface area contributed by atoms with Gasteiger partial charge in [-0.3, -0.25) is 9.69 Å². The lowest BCUT2D eigenvalue weighted by Crippen LogP contribution is -2.49. The summed E-state index contributed by atoms with van der Waals surface area (Å²) >= 11 is 0. The van der Waals surface area contributed by atoms with Crippen molar-refractivity contribution in [1.82, 2.24) is 14.5 Å². The van der Waals surface area contributed by atoms with E-state index in [0.717, 1.165) is 30.2 Å². The first-order chi connectivity index (χ1) is 15.4. The molecule has 4 rings (SSSR count). The molecule has 174 valence electrons. The Hall–Kier alpha value is -2.20. The quantitative estimate of drug-likeness (QED) is 0.680. The molecule has 32 heavy (non-hydrogen) atoms. The maximum Gasteiger partial charge on any atom is 0.243 e. The zero-order chi connectivity index (χ0) is 22.7. The molecular formula is C23H31N3O5S. The highest BCUT2D eigenvalue weighted by molar-refractivity contribution is 7.89. The lowest BCUT2D eigenvalue weighted by Gasteiger charge is -2.34. The summed E-state index contributed by atoms with van der Waals surface area (Å²) in [6.07, 6.45) is 1.17. The number of nitrogens with one attached hydrogen (secondary N) is 1. The van der Waals surface area contributed by atoms with Gasteiger partial charge in [0.15, 0.2) is 0 Å². The first kappa shape index (κ1) is 23.0. The monoisotopic (exact) mass is 461 g/mol. The minimum atomic E-state index is -3.73. The van der Waals surface area contributed by atoms with Crippen molar-refractivity contribution in [2.75, 3.05) is 39.4 Å². The molecule has 0 radical (unpaired) electrons. The maximum atomic E-state index is 13.2. The summed E-state index contributed by atoms with van der Waals surface area (Å²) < 4.78 is 39.0. The highest BCUT2D eigenvalue weighted by Gasteiger charge is 2.39. The van der Waals surface area contributed by atoms with Crippen molar-refractivity contribution in [3.8, 4) is 0 Å². The number of aryl methyl sites for hydroxylation is 2. The van der Waals surface area contributed by atoms with E-state index in [1.807, 2.05) is 26.0 Å². The third-order valence-electron chi connectivity index (χ3n) is 6.18. The van der Waals surface area contributed by atoms with Crippen LogP contribution in [0.2, 0.25) is 0 Å². The van der Waals surface area contributed by atoms with E-state index in [1.165, 1.54) is 4.31 Å². The number of carbonyl (C=O) groups excluding carboxylic acids is 1. The van der Waals surface area contributed by atoms with E-state index in [4.69, 9.17) is 9.15 Å². The fraction of sp³-hybridized carbons (Fsp3) is 0.522. The van der Waals surface area contributed by atoms with Gasteiger partial charge in [0.05, 0.1) is 24.2 Å². The number of morpholine rings is 1. The van der Waals surface area contributed by atoms with E-state index >= 15 is 0 Å². The predicted octanol–water partition coefficient (Wildman–Crippen LogP) is 2.24. The van der Waals surface area contributed by atoms with Crippen LogP contribution in [0, 0.1) is 13.8 Å². The van der Waals surface area contributed by atoms with E-state index in [2.05, 4.69) is 10.2 Å². The van der Waals surface area contributed by atoms with Gasteiger partial charge in [-0.15, -0.1) is 0 Å². The molecule has 2 aliphatic rings. The molecule has 9 heteroatoms. The Bertz CT molecular complexity index is 1030. The number of rotatable bonds is 7. The number of hydrogen-bond acceptors (Lipinski definition) is 6. The number of nitrogens with zero attached hydrogens (tertiary/aromatic N) is 2. The highest BCUT2D eigenvalue weighted by Crippen LogP contribution is 2.27. The van der Waals surface area contributed by atoms with Gasteiger partial charge in [-0.1, -0.05) is 17.7 Å². The molecule has 1 amide bonds. The lowest BCUT2D eigenvalue weighted by atomic mass is 10.1. The molecule has 2 atom stereocenters. The van der Waals surface area contributed by atoms with Crippen LogP contribution in [0.4, 0.5) is 0 Å². The molecule has 0 aliphatic carbocycles. The summed E-state index contributed by atoms with van der Waals surface area (Å²) in [6.45, 7) is 7.26. The van der Waals surface area contributed by atoms with Crippen molar-refractivity contribution in [3.63, 3.8) is 0 Å². The van der Waals surface area contributed by atoms with Crippen molar-refractivity contribution in [3.05, 3.63) is 53.5 Å². The standard InChI is InChI=1S/C23H31N3O5S/c1-17-5-8-19(9-6-17)32(28,29)26-11-3-4-20(26)23(27)24-16-21(22-10-7-18(2)31-22)25-12-14-30-15-13-25/h5-10,20-21H,3-4,11-16H2,1-2H3,(H,24,27)/t20-,21?/m0/s1. The van der Waals surface area contributed by atoms with E-state index in [0.29, 0.717) is 39.1 Å². The van der Waals surface area contributed by atoms with Gasteiger partial charge < -0.3 is 14.5 Å². The van der Waals surface area contributed by atoms with Crippen LogP contribution in [0.5, 0.6) is 0 Å². The minimum absolute atomic E-state index is 0.125. The van der Waals surface area contributed by atoms with Gasteiger partial charge in [0.1, 0.15) is 17.6 Å². The molecule has 1 aromatic carbocycles. The van der Waals surface area contributed by atoms with E-state index < -0.39 is 16.1 Å². The maximum absolute atomic E-state index is 13.2. The normalized spacial score (nSPS) is 21.5. The highest BCUT2D eigenvalue weighted by atomic mass is 32.2. The third-order valence-corrected chi connectivity index (χ3v) is 8.10. The molecule has 3 heterocycles. The van der Waals surface area contributed by atoms with Crippen molar-refractivity contribution in [1.29, 1.82) is 0 Å². The number of carbonyl (C=O) groups is 1. The number of amides is 1. The van der Waals surface area contributed by atoms with E-state index in [-0.39, 0.29) is 16.8 Å². The molecule has 0 spiro atoms. The summed E-state index contributed by atoms with van der Waals surface area (Å²) in [6, 6.07) is 9.78. The summed E-state index contributed by atoms with van der Waals surface area (Å²) in [5.41, 5.74) is 0.988. The molecule has 0 bridgehead atoms. The topological polar surface area (TPSA) is 92.1 Å². The SMILES string of the molecule is Cc1ccc(S(=O)(=O)N2CCC[C@H]2C(=O)NCC(c2ccc(C)o2)N2CCOCC2)cc1. The van der Waals surface area contributed by atoms with Crippen LogP contribution in [-0.4, -0.2) is 69.0 Å². The summed E-state index contributed by atoms with van der Waals surface area (Å²) in [5, 5.41) is 3.00. The Morgan fingerprint density at radius 1 is 1.09 bits per heavy atom. The summed E-state index contributed by atoms with van der Waals surface area (Å²) in [4.78, 5) is 15.6. The van der Waals surface area contributed by atoms with Crippen molar-refractivity contribution < 1.29 is 22.4 Å². The van der Waals surface area contributed by atoms with E-state index in [1.54, 1.807) is 24.3 Å². The molecule has 1 unspecified atom stereocenters. The van der Waals surface area contributed by atoms with Gasteiger partial charge in [-0.05, 0) is 51.0 Å². The Balaban J connectivity index is 1.47. The van der Waals surface area contributed by atoms with Crippen molar-refractivity contribution >= 4 is 15.9 Å². The van der Waals surface area contributed by atoms with Crippen LogP contribution < -0.4 is 5.32 Å². The number of hydrogen-bond donors (Lipinski definition) is 1. The number of sulfonamides is 1. The number of furan rings is 1. The van der Waals surface area contributed by atoms with Crippen LogP contribution in [0.3, 0.4) is 0 Å². The molecule has 2 fully saturated rings. The van der Waals surface area contributed by atoms with Crippen LogP contribution in [0.15, 0.2) is 45.7 Å². The molecule has 2 aliphatic heterocycles. The zero-order valence-electron chi connectivity index (χ0n) is 18.6. The van der Waals surface area contributed by atoms with Gasteiger partial charge in [0, 0.05) is 26.2 Å². The van der Waals surface area contributed by atoms with Crippen LogP contribution >= 0.6 is 0 Å². The molecule has 1 N–H and O–H groups in total. The van der Waals surface area contributed by atoms with Gasteiger partial charge >= 0.3 is 0 Å². The van der Waals surface area contributed by atoms with E-state index in [9.17, 15) is 13.2 Å².